The zero-order valence-electron chi connectivity index (χ0n) is 26.1. The van der Waals surface area contributed by atoms with Gasteiger partial charge in [-0.3, -0.25) is 0 Å². The molecular formula is C46H29NO. The smallest absolute Gasteiger partial charge is 0.136 e. The van der Waals surface area contributed by atoms with Crippen LogP contribution >= 0.6 is 0 Å². The Hall–Kier alpha value is -6.38. The van der Waals surface area contributed by atoms with E-state index in [-0.39, 0.29) is 0 Å². The van der Waals surface area contributed by atoms with Gasteiger partial charge in [0, 0.05) is 27.8 Å². The minimum absolute atomic E-state index is 0.910. The average molecular weight is 612 g/mol. The number of rotatable bonds is 4. The van der Waals surface area contributed by atoms with Crippen molar-refractivity contribution in [1.82, 2.24) is 0 Å². The van der Waals surface area contributed by atoms with Crippen molar-refractivity contribution >= 4 is 82.1 Å². The molecule has 1 aromatic heterocycles. The van der Waals surface area contributed by atoms with Gasteiger partial charge in [-0.25, -0.2) is 0 Å². The molecule has 0 radical (unpaired) electrons. The summed E-state index contributed by atoms with van der Waals surface area (Å²) in [4.78, 5) is 2.32. The minimum atomic E-state index is 0.910. The molecule has 0 aliphatic heterocycles. The van der Waals surface area contributed by atoms with Crippen molar-refractivity contribution in [2.24, 2.45) is 0 Å². The first kappa shape index (κ1) is 26.8. The van der Waals surface area contributed by atoms with Gasteiger partial charge in [-0.2, -0.15) is 0 Å². The topological polar surface area (TPSA) is 16.4 Å². The van der Waals surface area contributed by atoms with Crippen LogP contribution in [0.15, 0.2) is 180 Å². The standard InChI is InChI=1S/C46H29NO/c1-2-9-37(10-3-1)47(39-24-20-34-28-43-42-12-6-7-13-44(42)48-45(43)29-36(34)27-39)38-22-18-30(19-23-38)33-21-25-41-35(26-33)17-16-32-15-14-31-8-4-5-11-40(31)46(32)41/h1-29H. The van der Waals surface area contributed by atoms with E-state index in [0.717, 1.165) is 44.4 Å². The normalized spacial score (nSPS) is 11.8. The Morgan fingerprint density at radius 2 is 0.958 bits per heavy atom. The van der Waals surface area contributed by atoms with Crippen molar-refractivity contribution < 1.29 is 4.42 Å². The van der Waals surface area contributed by atoms with E-state index in [1.165, 1.54) is 48.8 Å². The Morgan fingerprint density at radius 1 is 0.312 bits per heavy atom. The van der Waals surface area contributed by atoms with Crippen LogP contribution in [-0.4, -0.2) is 0 Å². The maximum atomic E-state index is 6.24. The molecule has 0 spiro atoms. The Labute approximate surface area is 277 Å². The lowest BCUT2D eigenvalue weighted by Crippen LogP contribution is -2.09. The van der Waals surface area contributed by atoms with Gasteiger partial charge in [0.25, 0.3) is 0 Å². The summed E-state index contributed by atoms with van der Waals surface area (Å²) in [5.74, 6) is 0. The summed E-state index contributed by atoms with van der Waals surface area (Å²) >= 11 is 0. The highest BCUT2D eigenvalue weighted by molar-refractivity contribution is 6.20. The summed E-state index contributed by atoms with van der Waals surface area (Å²) in [6, 6.07) is 63.4. The van der Waals surface area contributed by atoms with Crippen LogP contribution < -0.4 is 4.90 Å². The Kier molecular flexibility index (Phi) is 5.91. The summed E-state index contributed by atoms with van der Waals surface area (Å²) < 4.78 is 6.24. The Morgan fingerprint density at radius 3 is 1.83 bits per heavy atom. The lowest BCUT2D eigenvalue weighted by molar-refractivity contribution is 0.669. The molecule has 0 saturated carbocycles. The van der Waals surface area contributed by atoms with Gasteiger partial charge in [0.05, 0.1) is 0 Å². The first-order valence-corrected chi connectivity index (χ1v) is 16.4. The molecule has 1 heterocycles. The molecule has 0 fully saturated rings. The summed E-state index contributed by atoms with van der Waals surface area (Å²) in [5.41, 5.74) is 7.54. The highest BCUT2D eigenvalue weighted by Gasteiger charge is 2.15. The van der Waals surface area contributed by atoms with Crippen LogP contribution in [0.2, 0.25) is 0 Å². The number of para-hydroxylation sites is 2. The second-order valence-electron chi connectivity index (χ2n) is 12.6. The van der Waals surface area contributed by atoms with Crippen LogP contribution in [0, 0.1) is 0 Å². The number of hydrogen-bond acceptors (Lipinski definition) is 2. The molecule has 0 amide bonds. The van der Waals surface area contributed by atoms with Gasteiger partial charge in [-0.15, -0.1) is 0 Å². The minimum Gasteiger partial charge on any atom is -0.456 e. The first-order valence-electron chi connectivity index (χ1n) is 16.4. The summed E-state index contributed by atoms with van der Waals surface area (Å²) in [5, 5.41) is 12.3. The van der Waals surface area contributed by atoms with Crippen molar-refractivity contribution in [3.8, 4) is 11.1 Å². The molecule has 2 heteroatoms. The molecule has 0 saturated heterocycles. The van der Waals surface area contributed by atoms with Gasteiger partial charge in [0.2, 0.25) is 0 Å². The first-order chi connectivity index (χ1) is 23.8. The monoisotopic (exact) mass is 611 g/mol. The van der Waals surface area contributed by atoms with E-state index < -0.39 is 0 Å². The fourth-order valence-electron chi connectivity index (χ4n) is 7.44. The van der Waals surface area contributed by atoms with E-state index in [1.54, 1.807) is 0 Å². The molecule has 0 aliphatic rings. The highest BCUT2D eigenvalue weighted by Crippen LogP contribution is 2.40. The predicted molar refractivity (Wildman–Crippen MR) is 204 cm³/mol. The number of hydrogen-bond donors (Lipinski definition) is 0. The predicted octanol–water partition coefficient (Wildman–Crippen LogP) is 13.3. The van der Waals surface area contributed by atoms with Crippen LogP contribution in [0.4, 0.5) is 17.1 Å². The van der Waals surface area contributed by atoms with Crippen LogP contribution in [0.3, 0.4) is 0 Å². The van der Waals surface area contributed by atoms with Crippen molar-refractivity contribution in [3.05, 3.63) is 176 Å². The molecule has 10 rings (SSSR count). The van der Waals surface area contributed by atoms with E-state index in [0.29, 0.717) is 0 Å². The molecule has 0 N–H and O–H groups in total. The zero-order chi connectivity index (χ0) is 31.6. The number of furan rings is 1. The number of fused-ring (bicyclic) bond motifs is 9. The van der Waals surface area contributed by atoms with Crippen molar-refractivity contribution in [1.29, 1.82) is 0 Å². The van der Waals surface area contributed by atoms with E-state index in [2.05, 4.69) is 169 Å². The van der Waals surface area contributed by atoms with E-state index >= 15 is 0 Å². The van der Waals surface area contributed by atoms with Gasteiger partial charge >= 0.3 is 0 Å². The van der Waals surface area contributed by atoms with Gasteiger partial charge in [0.1, 0.15) is 11.2 Å². The SMILES string of the molecule is c1ccc(N(c2ccc(-c3ccc4c(ccc5ccc6ccccc6c54)c3)cc2)c2ccc3cc4c(cc3c2)oc2ccccc24)cc1. The molecule has 2 nitrogen and oxygen atoms in total. The van der Waals surface area contributed by atoms with E-state index in [4.69, 9.17) is 4.42 Å². The van der Waals surface area contributed by atoms with Crippen molar-refractivity contribution in [3.63, 3.8) is 0 Å². The van der Waals surface area contributed by atoms with Crippen molar-refractivity contribution in [2.45, 2.75) is 0 Å². The molecule has 48 heavy (non-hydrogen) atoms. The maximum Gasteiger partial charge on any atom is 0.136 e. The van der Waals surface area contributed by atoms with Crippen LogP contribution in [0.5, 0.6) is 0 Å². The third-order valence-corrected chi connectivity index (χ3v) is 9.78. The number of benzene rings is 9. The number of anilines is 3. The number of nitrogens with zero attached hydrogens (tertiary/aromatic N) is 1. The summed E-state index contributed by atoms with van der Waals surface area (Å²) in [7, 11) is 0. The fraction of sp³-hybridized carbons (Fsp3) is 0. The highest BCUT2D eigenvalue weighted by atomic mass is 16.3. The van der Waals surface area contributed by atoms with E-state index in [1.807, 2.05) is 12.1 Å². The largest absolute Gasteiger partial charge is 0.456 e. The fourth-order valence-corrected chi connectivity index (χ4v) is 7.44. The lowest BCUT2D eigenvalue weighted by atomic mass is 9.94. The molecule has 0 bridgehead atoms. The second kappa shape index (κ2) is 10.6. The molecular weight excluding hydrogens is 583 g/mol. The van der Waals surface area contributed by atoms with Gasteiger partial charge in [0.15, 0.2) is 0 Å². The molecule has 0 aliphatic carbocycles. The molecule has 9 aromatic carbocycles. The molecule has 0 atom stereocenters. The maximum absolute atomic E-state index is 6.24. The summed E-state index contributed by atoms with van der Waals surface area (Å²) in [6.07, 6.45) is 0. The van der Waals surface area contributed by atoms with Crippen LogP contribution in [0.25, 0.3) is 76.2 Å². The zero-order valence-corrected chi connectivity index (χ0v) is 26.1. The quantitative estimate of drug-likeness (QED) is 0.184. The lowest BCUT2D eigenvalue weighted by Gasteiger charge is -2.26. The van der Waals surface area contributed by atoms with Crippen LogP contribution in [0.1, 0.15) is 0 Å². The third-order valence-electron chi connectivity index (χ3n) is 9.78. The van der Waals surface area contributed by atoms with Gasteiger partial charge < -0.3 is 9.32 Å². The van der Waals surface area contributed by atoms with Crippen molar-refractivity contribution in [2.75, 3.05) is 4.90 Å². The van der Waals surface area contributed by atoms with Crippen LogP contribution in [-0.2, 0) is 0 Å². The van der Waals surface area contributed by atoms with Gasteiger partial charge in [-0.05, 0) is 115 Å². The third kappa shape index (κ3) is 4.27. The molecule has 10 aromatic rings. The average Bonchev–Trinajstić information content (AvgIpc) is 3.51. The molecule has 0 unspecified atom stereocenters. The summed E-state index contributed by atoms with van der Waals surface area (Å²) in [6.45, 7) is 0. The van der Waals surface area contributed by atoms with Gasteiger partial charge in [-0.1, -0.05) is 115 Å². The van der Waals surface area contributed by atoms with E-state index in [9.17, 15) is 0 Å². The molecule has 224 valence electrons. The Balaban J connectivity index is 1.06. The second-order valence-corrected chi connectivity index (χ2v) is 12.6. The Bertz CT molecular complexity index is 2830.